The summed E-state index contributed by atoms with van der Waals surface area (Å²) in [5.74, 6) is -2.58. The summed E-state index contributed by atoms with van der Waals surface area (Å²) in [5, 5.41) is 5.59. The van der Waals surface area contributed by atoms with Crippen molar-refractivity contribution < 1.29 is 18.4 Å². The lowest BCUT2D eigenvalue weighted by Gasteiger charge is -2.15. The molecule has 37 heavy (non-hydrogen) atoms. The van der Waals surface area contributed by atoms with Crippen molar-refractivity contribution in [3.05, 3.63) is 131 Å². The molecule has 0 aliphatic carbocycles. The van der Waals surface area contributed by atoms with Crippen LogP contribution in [0.25, 0.3) is 11.1 Å². The number of aryl methyl sites for hydroxylation is 1. The third kappa shape index (κ3) is 6.88. The summed E-state index contributed by atoms with van der Waals surface area (Å²) in [6.45, 7) is 0.709. The third-order valence-electron chi connectivity index (χ3n) is 6.15. The lowest BCUT2D eigenvalue weighted by atomic mass is 9.92. The van der Waals surface area contributed by atoms with E-state index in [0.29, 0.717) is 25.8 Å². The molecule has 4 rings (SSSR count). The molecule has 4 aromatic rings. The number of nitrogens with one attached hydrogen (secondary N) is 2. The number of amides is 2. The fourth-order valence-electron chi connectivity index (χ4n) is 4.25. The number of carbonyl (C=O) groups is 2. The van der Waals surface area contributed by atoms with Crippen LogP contribution in [0.2, 0.25) is 0 Å². The lowest BCUT2D eigenvalue weighted by molar-refractivity contribution is -0.121. The number of hydrogen-bond acceptors (Lipinski definition) is 2. The summed E-state index contributed by atoms with van der Waals surface area (Å²) < 4.78 is 27.8. The Balaban J connectivity index is 1.40. The first kappa shape index (κ1) is 25.8. The van der Waals surface area contributed by atoms with E-state index in [1.165, 1.54) is 6.07 Å². The van der Waals surface area contributed by atoms with Crippen LogP contribution in [0, 0.1) is 11.6 Å². The number of hydrogen-bond donors (Lipinski definition) is 2. The highest BCUT2D eigenvalue weighted by atomic mass is 19.1. The topological polar surface area (TPSA) is 58.2 Å². The van der Waals surface area contributed by atoms with Crippen molar-refractivity contribution in [2.75, 3.05) is 6.54 Å². The molecule has 0 bridgehead atoms. The number of halogens is 2. The maximum atomic E-state index is 13.9. The van der Waals surface area contributed by atoms with Crippen LogP contribution in [0.1, 0.15) is 33.5 Å². The first-order valence-corrected chi connectivity index (χ1v) is 12.2. The average molecular weight is 499 g/mol. The van der Waals surface area contributed by atoms with Crippen molar-refractivity contribution in [1.82, 2.24) is 10.6 Å². The Morgan fingerprint density at radius 1 is 0.622 bits per heavy atom. The quantitative estimate of drug-likeness (QED) is 0.288. The molecule has 0 radical (unpaired) electrons. The molecule has 0 heterocycles. The summed E-state index contributed by atoms with van der Waals surface area (Å²) >= 11 is 0. The zero-order valence-corrected chi connectivity index (χ0v) is 20.3. The fraction of sp³-hybridized carbons (Fsp3) is 0.161. The van der Waals surface area contributed by atoms with Gasteiger partial charge in [-0.2, -0.15) is 0 Å². The average Bonchev–Trinajstić information content (AvgIpc) is 2.92. The van der Waals surface area contributed by atoms with Crippen LogP contribution < -0.4 is 10.6 Å². The molecule has 0 aliphatic heterocycles. The van der Waals surface area contributed by atoms with Crippen LogP contribution in [0.3, 0.4) is 0 Å². The second kappa shape index (κ2) is 12.6. The molecule has 0 fully saturated rings. The minimum absolute atomic E-state index is 0.0185. The van der Waals surface area contributed by atoms with Crippen LogP contribution in [-0.4, -0.2) is 18.4 Å². The minimum Gasteiger partial charge on any atom is -0.352 e. The summed E-state index contributed by atoms with van der Waals surface area (Å²) in [4.78, 5) is 24.8. The molecule has 0 aliphatic rings. The predicted octanol–water partition coefficient (Wildman–Crippen LogP) is 5.85. The van der Waals surface area contributed by atoms with Crippen LogP contribution in [0.15, 0.2) is 97.1 Å². The Kier molecular flexibility index (Phi) is 8.76. The predicted molar refractivity (Wildman–Crippen MR) is 141 cm³/mol. The molecule has 4 aromatic carbocycles. The molecule has 6 heteroatoms. The fourth-order valence-corrected chi connectivity index (χ4v) is 4.25. The van der Waals surface area contributed by atoms with Gasteiger partial charge in [-0.1, -0.05) is 84.9 Å². The van der Waals surface area contributed by atoms with E-state index in [-0.39, 0.29) is 12.5 Å². The summed E-state index contributed by atoms with van der Waals surface area (Å²) in [6.07, 6.45) is 1.41. The minimum atomic E-state index is -0.889. The van der Waals surface area contributed by atoms with Gasteiger partial charge in [0.2, 0.25) is 5.91 Å². The van der Waals surface area contributed by atoms with E-state index in [2.05, 4.69) is 10.6 Å². The Bertz CT molecular complexity index is 1350. The number of carbonyl (C=O) groups excluding carboxylic acids is 2. The molecular formula is C31H28F2N2O2. The number of rotatable bonds is 10. The van der Waals surface area contributed by atoms with E-state index in [1.54, 1.807) is 0 Å². The molecule has 2 N–H and O–H groups in total. The SMILES string of the molecule is O=C(CCc1ccccc1-c1ccccc1CCNC(=O)c1c(F)cccc1F)NCc1ccccc1. The van der Waals surface area contributed by atoms with Gasteiger partial charge in [0.1, 0.15) is 17.2 Å². The van der Waals surface area contributed by atoms with Crippen LogP contribution in [-0.2, 0) is 24.2 Å². The standard InChI is InChI=1S/C31H28F2N2O2/c32-27-15-8-16-28(33)30(27)31(37)34-20-19-24-12-5-7-14-26(24)25-13-6-4-11-23(25)17-18-29(36)35-21-22-9-2-1-3-10-22/h1-16H,17-21H2,(H,34,37)(H,35,36). The molecule has 0 saturated heterocycles. The molecule has 4 nitrogen and oxygen atoms in total. The van der Waals surface area contributed by atoms with E-state index in [9.17, 15) is 18.4 Å². The highest BCUT2D eigenvalue weighted by Gasteiger charge is 2.17. The Hall–Kier alpha value is -4.32. The highest BCUT2D eigenvalue weighted by molar-refractivity contribution is 5.94. The van der Waals surface area contributed by atoms with Crippen LogP contribution in [0.4, 0.5) is 8.78 Å². The van der Waals surface area contributed by atoms with Gasteiger partial charge in [0, 0.05) is 19.5 Å². The Morgan fingerprint density at radius 2 is 1.19 bits per heavy atom. The van der Waals surface area contributed by atoms with Gasteiger partial charge in [0.25, 0.3) is 5.91 Å². The van der Waals surface area contributed by atoms with Gasteiger partial charge in [-0.05, 0) is 52.8 Å². The van der Waals surface area contributed by atoms with Gasteiger partial charge in [0.05, 0.1) is 0 Å². The van der Waals surface area contributed by atoms with Gasteiger partial charge >= 0.3 is 0 Å². The van der Waals surface area contributed by atoms with Gasteiger partial charge in [0.15, 0.2) is 0 Å². The molecular weight excluding hydrogens is 470 g/mol. The molecule has 2 amide bonds. The van der Waals surface area contributed by atoms with E-state index in [0.717, 1.165) is 39.9 Å². The first-order chi connectivity index (χ1) is 18.0. The van der Waals surface area contributed by atoms with Crippen molar-refractivity contribution in [2.24, 2.45) is 0 Å². The van der Waals surface area contributed by atoms with Gasteiger partial charge in [-0.3, -0.25) is 9.59 Å². The summed E-state index contributed by atoms with van der Waals surface area (Å²) in [6, 6.07) is 28.9. The van der Waals surface area contributed by atoms with E-state index in [1.807, 2.05) is 78.9 Å². The van der Waals surface area contributed by atoms with Gasteiger partial charge < -0.3 is 10.6 Å². The Morgan fingerprint density at radius 3 is 1.84 bits per heavy atom. The lowest BCUT2D eigenvalue weighted by Crippen LogP contribution is -2.27. The zero-order chi connectivity index (χ0) is 26.0. The molecule has 0 atom stereocenters. The smallest absolute Gasteiger partial charge is 0.257 e. The van der Waals surface area contributed by atoms with Crippen LogP contribution >= 0.6 is 0 Å². The maximum absolute atomic E-state index is 13.9. The van der Waals surface area contributed by atoms with Crippen molar-refractivity contribution in [3.8, 4) is 11.1 Å². The molecule has 0 aromatic heterocycles. The van der Waals surface area contributed by atoms with E-state index in [4.69, 9.17) is 0 Å². The van der Waals surface area contributed by atoms with Crippen molar-refractivity contribution in [3.63, 3.8) is 0 Å². The second-order valence-corrected chi connectivity index (χ2v) is 8.68. The van der Waals surface area contributed by atoms with Crippen molar-refractivity contribution in [1.29, 1.82) is 0 Å². The molecule has 0 saturated carbocycles. The van der Waals surface area contributed by atoms with Crippen molar-refractivity contribution in [2.45, 2.75) is 25.8 Å². The second-order valence-electron chi connectivity index (χ2n) is 8.68. The van der Waals surface area contributed by atoms with Gasteiger partial charge in [-0.15, -0.1) is 0 Å². The summed E-state index contributed by atoms with van der Waals surface area (Å²) in [5.41, 5.74) is 4.51. The zero-order valence-electron chi connectivity index (χ0n) is 20.3. The van der Waals surface area contributed by atoms with E-state index < -0.39 is 23.1 Å². The monoisotopic (exact) mass is 498 g/mol. The molecule has 0 spiro atoms. The highest BCUT2D eigenvalue weighted by Crippen LogP contribution is 2.28. The Labute approximate surface area is 215 Å². The van der Waals surface area contributed by atoms with Crippen LogP contribution in [0.5, 0.6) is 0 Å². The normalized spacial score (nSPS) is 10.6. The largest absolute Gasteiger partial charge is 0.352 e. The van der Waals surface area contributed by atoms with E-state index >= 15 is 0 Å². The molecule has 188 valence electrons. The first-order valence-electron chi connectivity index (χ1n) is 12.2. The molecule has 0 unspecified atom stereocenters. The number of benzene rings is 4. The third-order valence-corrected chi connectivity index (χ3v) is 6.15. The maximum Gasteiger partial charge on any atom is 0.257 e. The van der Waals surface area contributed by atoms with Gasteiger partial charge in [-0.25, -0.2) is 8.78 Å². The summed E-state index contributed by atoms with van der Waals surface area (Å²) in [7, 11) is 0. The van der Waals surface area contributed by atoms with Crippen molar-refractivity contribution >= 4 is 11.8 Å².